The summed E-state index contributed by atoms with van der Waals surface area (Å²) in [7, 11) is 1.61. The Morgan fingerprint density at radius 3 is 2.67 bits per heavy atom. The van der Waals surface area contributed by atoms with Crippen molar-refractivity contribution in [2.75, 3.05) is 38.7 Å². The predicted octanol–water partition coefficient (Wildman–Crippen LogP) is 4.37. The second-order valence-electron chi connectivity index (χ2n) is 8.78. The molecule has 4 rings (SSSR count). The van der Waals surface area contributed by atoms with E-state index in [0.29, 0.717) is 35.9 Å². The van der Waals surface area contributed by atoms with Crippen molar-refractivity contribution < 1.29 is 19.1 Å². The highest BCUT2D eigenvalue weighted by Crippen LogP contribution is 2.29. The number of amides is 2. The molecule has 0 aromatic heterocycles. The van der Waals surface area contributed by atoms with Crippen molar-refractivity contribution in [1.82, 2.24) is 10.3 Å². The molecule has 0 aliphatic carbocycles. The van der Waals surface area contributed by atoms with E-state index in [-0.39, 0.29) is 11.8 Å². The zero-order valence-corrected chi connectivity index (χ0v) is 21.0. The van der Waals surface area contributed by atoms with Gasteiger partial charge in [-0.25, -0.2) is 5.01 Å². The lowest BCUT2D eigenvalue weighted by atomic mass is 10.0. The molecule has 2 amide bonds. The molecule has 36 heavy (non-hydrogen) atoms. The predicted molar refractivity (Wildman–Crippen MR) is 141 cm³/mol. The molecular weight excluding hydrogens is 456 g/mol. The lowest BCUT2D eigenvalue weighted by Crippen LogP contribution is -2.32. The highest BCUT2D eigenvalue weighted by Gasteiger charge is 2.22. The van der Waals surface area contributed by atoms with E-state index >= 15 is 0 Å². The molecule has 8 heteroatoms. The summed E-state index contributed by atoms with van der Waals surface area (Å²) in [5.74, 6) is 1.08. The number of hydrogen-bond donors (Lipinski definition) is 2. The maximum Gasteiger partial charge on any atom is 0.273 e. The zero-order chi connectivity index (χ0) is 25.3. The van der Waals surface area contributed by atoms with Gasteiger partial charge >= 0.3 is 0 Å². The van der Waals surface area contributed by atoms with Crippen molar-refractivity contribution in [1.29, 1.82) is 0 Å². The van der Waals surface area contributed by atoms with Crippen LogP contribution in [0.3, 0.4) is 0 Å². The van der Waals surface area contributed by atoms with E-state index in [1.807, 2.05) is 31.2 Å². The molecule has 2 aromatic rings. The van der Waals surface area contributed by atoms with E-state index in [1.165, 1.54) is 5.01 Å². The van der Waals surface area contributed by atoms with Gasteiger partial charge in [0.05, 0.1) is 19.4 Å². The van der Waals surface area contributed by atoms with E-state index in [2.05, 4.69) is 15.7 Å². The Labute approximate surface area is 212 Å². The van der Waals surface area contributed by atoms with Crippen LogP contribution in [-0.4, -0.2) is 55.9 Å². The third-order valence-corrected chi connectivity index (χ3v) is 6.25. The number of ether oxygens (including phenoxy) is 2. The third kappa shape index (κ3) is 6.31. The SMILES string of the molecule is CCOc1cc(C2=NN(C(=O)c3ccc(NC(=O)/C4=C/CCNCCC4)cc3)CCC2)ccc1OC. The smallest absolute Gasteiger partial charge is 0.273 e. The first-order valence-electron chi connectivity index (χ1n) is 12.6. The molecule has 2 N–H and O–H groups in total. The van der Waals surface area contributed by atoms with Crippen molar-refractivity contribution in [2.45, 2.75) is 39.0 Å². The fourth-order valence-corrected chi connectivity index (χ4v) is 4.36. The summed E-state index contributed by atoms with van der Waals surface area (Å²) in [5.41, 5.74) is 3.76. The largest absolute Gasteiger partial charge is 0.493 e. The molecule has 0 saturated carbocycles. The van der Waals surface area contributed by atoms with Gasteiger partial charge in [0.25, 0.3) is 11.8 Å². The highest BCUT2D eigenvalue weighted by atomic mass is 16.5. The summed E-state index contributed by atoms with van der Waals surface area (Å²) in [6.07, 6.45) is 6.14. The van der Waals surface area contributed by atoms with Gasteiger partial charge in [-0.3, -0.25) is 9.59 Å². The van der Waals surface area contributed by atoms with Crippen LogP contribution in [0.5, 0.6) is 11.5 Å². The molecule has 0 bridgehead atoms. The van der Waals surface area contributed by atoms with Gasteiger partial charge in [-0.05, 0) is 94.6 Å². The topological polar surface area (TPSA) is 92.3 Å². The summed E-state index contributed by atoms with van der Waals surface area (Å²) >= 11 is 0. The monoisotopic (exact) mass is 490 g/mol. The second-order valence-corrected chi connectivity index (χ2v) is 8.78. The van der Waals surface area contributed by atoms with Crippen molar-refractivity contribution in [3.05, 3.63) is 65.2 Å². The maximum absolute atomic E-state index is 13.2. The van der Waals surface area contributed by atoms with Crippen LogP contribution in [0.4, 0.5) is 5.69 Å². The molecule has 0 unspecified atom stereocenters. The van der Waals surface area contributed by atoms with Crippen molar-refractivity contribution in [3.8, 4) is 11.5 Å². The first-order chi connectivity index (χ1) is 17.6. The summed E-state index contributed by atoms with van der Waals surface area (Å²) in [4.78, 5) is 25.8. The number of hydrazone groups is 1. The highest BCUT2D eigenvalue weighted by molar-refractivity contribution is 6.05. The molecule has 2 heterocycles. The Bertz CT molecular complexity index is 1140. The van der Waals surface area contributed by atoms with E-state index < -0.39 is 0 Å². The van der Waals surface area contributed by atoms with Crippen molar-refractivity contribution in [3.63, 3.8) is 0 Å². The fraction of sp³-hybridized carbons (Fsp3) is 0.393. The first kappa shape index (κ1) is 25.4. The average molecular weight is 491 g/mol. The Morgan fingerprint density at radius 2 is 1.89 bits per heavy atom. The Kier molecular flexibility index (Phi) is 8.73. The van der Waals surface area contributed by atoms with Crippen molar-refractivity contribution >= 4 is 23.2 Å². The van der Waals surface area contributed by atoms with Gasteiger partial charge in [0.2, 0.25) is 0 Å². The van der Waals surface area contributed by atoms with Crippen LogP contribution in [0.25, 0.3) is 0 Å². The van der Waals surface area contributed by atoms with Crippen LogP contribution in [-0.2, 0) is 4.79 Å². The number of rotatable bonds is 7. The van der Waals surface area contributed by atoms with Crippen LogP contribution in [0.2, 0.25) is 0 Å². The molecule has 0 saturated heterocycles. The summed E-state index contributed by atoms with van der Waals surface area (Å²) < 4.78 is 11.1. The first-order valence-corrected chi connectivity index (χ1v) is 12.6. The van der Waals surface area contributed by atoms with Crippen LogP contribution >= 0.6 is 0 Å². The lowest BCUT2D eigenvalue weighted by molar-refractivity contribution is -0.113. The second kappa shape index (κ2) is 12.4. The number of carbonyl (C=O) groups is 2. The number of nitrogens with one attached hydrogen (secondary N) is 2. The Hall–Kier alpha value is -3.65. The standard InChI is InChI=1S/C28H34N4O4/c1-3-36-26-19-22(12-15-25(26)35-2)24-9-6-18-32(31-24)28(34)21-10-13-23(14-11-21)30-27(33)20-7-4-16-29-17-5-8-20/h7,10-15,19,29H,3-6,8-9,16-18H2,1-2H3,(H,30,33)/b20-7+. The molecular formula is C28H34N4O4. The average Bonchev–Trinajstić information content (AvgIpc) is 2.89. The Morgan fingerprint density at radius 1 is 1.06 bits per heavy atom. The molecule has 0 radical (unpaired) electrons. The Balaban J connectivity index is 1.44. The lowest BCUT2D eigenvalue weighted by Gasteiger charge is -2.24. The minimum absolute atomic E-state index is 0.0767. The fourth-order valence-electron chi connectivity index (χ4n) is 4.36. The van der Waals surface area contributed by atoms with Crippen molar-refractivity contribution in [2.24, 2.45) is 5.10 Å². The van der Waals surface area contributed by atoms with E-state index in [4.69, 9.17) is 9.47 Å². The van der Waals surface area contributed by atoms with Crippen LogP contribution < -0.4 is 20.1 Å². The summed E-state index contributed by atoms with van der Waals surface area (Å²) in [6, 6.07) is 12.7. The zero-order valence-electron chi connectivity index (χ0n) is 21.0. The molecule has 190 valence electrons. The molecule has 2 aliphatic rings. The number of methoxy groups -OCH3 is 1. The van der Waals surface area contributed by atoms with E-state index in [1.54, 1.807) is 31.4 Å². The molecule has 0 fully saturated rings. The van der Waals surface area contributed by atoms with Crippen LogP contribution in [0.15, 0.2) is 59.2 Å². The van der Waals surface area contributed by atoms with Gasteiger partial charge in [0, 0.05) is 28.9 Å². The van der Waals surface area contributed by atoms with Gasteiger partial charge in [0.1, 0.15) is 0 Å². The molecule has 2 aliphatic heterocycles. The summed E-state index contributed by atoms with van der Waals surface area (Å²) in [5, 5.41) is 12.5. The van der Waals surface area contributed by atoms with Gasteiger partial charge in [-0.2, -0.15) is 5.10 Å². The number of hydrogen-bond acceptors (Lipinski definition) is 6. The van der Waals surface area contributed by atoms with Gasteiger partial charge in [-0.15, -0.1) is 0 Å². The number of anilines is 1. The number of benzene rings is 2. The molecule has 0 spiro atoms. The quantitative estimate of drug-likeness (QED) is 0.601. The van der Waals surface area contributed by atoms with E-state index in [9.17, 15) is 9.59 Å². The number of carbonyl (C=O) groups excluding carboxylic acids is 2. The number of nitrogens with zero attached hydrogens (tertiary/aromatic N) is 2. The molecule has 2 aromatic carbocycles. The minimum Gasteiger partial charge on any atom is -0.493 e. The van der Waals surface area contributed by atoms with Gasteiger partial charge in [0.15, 0.2) is 11.5 Å². The van der Waals surface area contributed by atoms with Crippen LogP contribution in [0, 0.1) is 0 Å². The maximum atomic E-state index is 13.2. The minimum atomic E-state index is -0.168. The third-order valence-electron chi connectivity index (χ3n) is 6.25. The molecule has 8 nitrogen and oxygen atoms in total. The van der Waals surface area contributed by atoms with Gasteiger partial charge in [-0.1, -0.05) is 6.08 Å². The van der Waals surface area contributed by atoms with Crippen LogP contribution in [0.1, 0.15) is 54.9 Å². The summed E-state index contributed by atoms with van der Waals surface area (Å²) in [6.45, 7) is 4.82. The normalized spacial score (nSPS) is 17.7. The molecule has 0 atom stereocenters. The van der Waals surface area contributed by atoms with Gasteiger partial charge < -0.3 is 20.1 Å². The van der Waals surface area contributed by atoms with E-state index in [0.717, 1.165) is 62.0 Å².